The highest BCUT2D eigenvalue weighted by atomic mass is 16.5. The van der Waals surface area contributed by atoms with Crippen molar-refractivity contribution >= 4 is 27.8 Å². The van der Waals surface area contributed by atoms with Crippen LogP contribution in [0.1, 0.15) is 48.9 Å². The summed E-state index contributed by atoms with van der Waals surface area (Å²) >= 11 is 0. The lowest BCUT2D eigenvalue weighted by Crippen LogP contribution is -2.53. The molecule has 0 N–H and O–H groups in total. The molecule has 2 aromatic carbocycles. The Morgan fingerprint density at radius 3 is 2.31 bits per heavy atom. The molecule has 1 aliphatic carbocycles. The summed E-state index contributed by atoms with van der Waals surface area (Å²) in [5.41, 5.74) is 5.71. The summed E-state index contributed by atoms with van der Waals surface area (Å²) < 4.78 is 16.0. The van der Waals surface area contributed by atoms with E-state index in [4.69, 9.17) is 9.47 Å². The fourth-order valence-corrected chi connectivity index (χ4v) is 6.05. The fraction of sp³-hybridized carbons (Fsp3) is 0.448. The second-order valence-corrected chi connectivity index (χ2v) is 9.89. The molecule has 36 heavy (non-hydrogen) atoms. The minimum atomic E-state index is -0.157. The zero-order valence-electron chi connectivity index (χ0n) is 22.1. The molecule has 1 amide bonds. The lowest BCUT2D eigenvalue weighted by Gasteiger charge is -2.50. The topological polar surface area (TPSA) is 61.5 Å². The number of para-hydroxylation sites is 1. The Morgan fingerprint density at radius 2 is 1.67 bits per heavy atom. The minimum absolute atomic E-state index is 0.00273. The van der Waals surface area contributed by atoms with Gasteiger partial charge in [0.25, 0.3) is 0 Å². The van der Waals surface area contributed by atoms with Crippen LogP contribution in [0.3, 0.4) is 0 Å². The van der Waals surface area contributed by atoms with E-state index in [1.807, 2.05) is 6.20 Å². The van der Waals surface area contributed by atoms with Gasteiger partial charge in [0.15, 0.2) is 0 Å². The Bertz CT molecular complexity index is 1390. The molecule has 1 aliphatic rings. The average molecular weight is 489 g/mol. The van der Waals surface area contributed by atoms with Gasteiger partial charge in [-0.2, -0.15) is 9.78 Å². The second-order valence-electron chi connectivity index (χ2n) is 9.89. The Balaban J connectivity index is 1.56. The van der Waals surface area contributed by atoms with Crippen LogP contribution >= 0.6 is 0 Å². The number of fused-ring (bicyclic) bond motifs is 3. The van der Waals surface area contributed by atoms with Gasteiger partial charge in [0, 0.05) is 80.3 Å². The quantitative estimate of drug-likeness (QED) is 0.349. The molecule has 0 saturated heterocycles. The predicted octanol–water partition coefficient (Wildman–Crippen LogP) is 5.40. The van der Waals surface area contributed by atoms with E-state index in [0.29, 0.717) is 0 Å². The van der Waals surface area contributed by atoms with Crippen molar-refractivity contribution in [2.45, 2.75) is 57.3 Å². The standard InChI is InChI=1S/C29H36N4O3/c1-7-11-22-21(17-33(30-22)29(34)31(3)4)26-27(35-5)25(28(26)36-6)18-14-15-24-20(16-18)19-12-9-10-13-23(19)32(24)8-2/h9-10,12-17,25-28H,7-8,11H2,1-6H3. The third-order valence-corrected chi connectivity index (χ3v) is 7.71. The van der Waals surface area contributed by atoms with Crippen LogP contribution in [0.15, 0.2) is 48.7 Å². The zero-order valence-corrected chi connectivity index (χ0v) is 22.1. The Morgan fingerprint density at radius 1 is 0.972 bits per heavy atom. The maximum Gasteiger partial charge on any atom is 0.344 e. The predicted molar refractivity (Wildman–Crippen MR) is 143 cm³/mol. The smallest absolute Gasteiger partial charge is 0.344 e. The van der Waals surface area contributed by atoms with Crippen molar-refractivity contribution < 1.29 is 14.3 Å². The van der Waals surface area contributed by atoms with Crippen molar-refractivity contribution in [3.05, 3.63) is 65.5 Å². The van der Waals surface area contributed by atoms with Gasteiger partial charge in [-0.25, -0.2) is 4.79 Å². The van der Waals surface area contributed by atoms with E-state index in [1.54, 1.807) is 33.2 Å². The van der Waals surface area contributed by atoms with E-state index in [9.17, 15) is 4.79 Å². The number of hydrogen-bond donors (Lipinski definition) is 0. The van der Waals surface area contributed by atoms with Crippen molar-refractivity contribution in [3.8, 4) is 0 Å². The van der Waals surface area contributed by atoms with Gasteiger partial charge >= 0.3 is 6.03 Å². The van der Waals surface area contributed by atoms with E-state index >= 15 is 0 Å². The van der Waals surface area contributed by atoms with Crippen LogP contribution in [0.4, 0.5) is 4.79 Å². The SMILES string of the molecule is CCCc1nn(C(=O)N(C)C)cc1C1C(OC)C(c2ccc3c(c2)c2ccccc2n3CC)C1OC. The molecule has 2 heterocycles. The summed E-state index contributed by atoms with van der Waals surface area (Å²) in [6.07, 6.45) is 3.48. The number of amides is 1. The zero-order chi connectivity index (χ0) is 25.6. The number of hydrogen-bond acceptors (Lipinski definition) is 4. The number of nitrogens with zero attached hydrogens (tertiary/aromatic N) is 4. The molecule has 0 spiro atoms. The highest BCUT2D eigenvalue weighted by Crippen LogP contribution is 2.52. The molecular weight excluding hydrogens is 452 g/mol. The summed E-state index contributed by atoms with van der Waals surface area (Å²) in [6.45, 7) is 5.24. The summed E-state index contributed by atoms with van der Waals surface area (Å²) in [7, 11) is 7.02. The summed E-state index contributed by atoms with van der Waals surface area (Å²) in [5, 5.41) is 7.18. The van der Waals surface area contributed by atoms with Gasteiger partial charge in [0.1, 0.15) is 0 Å². The monoisotopic (exact) mass is 488 g/mol. The average Bonchev–Trinajstić information content (AvgIpc) is 3.42. The Hall–Kier alpha value is -3.16. The lowest BCUT2D eigenvalue weighted by atomic mass is 9.62. The van der Waals surface area contributed by atoms with E-state index < -0.39 is 0 Å². The van der Waals surface area contributed by atoms with E-state index in [1.165, 1.54) is 32.1 Å². The molecule has 2 aromatic heterocycles. The molecule has 0 radical (unpaired) electrons. The number of aromatic nitrogens is 3. The maximum atomic E-state index is 12.7. The van der Waals surface area contributed by atoms with Crippen LogP contribution in [0.25, 0.3) is 21.8 Å². The molecule has 1 saturated carbocycles. The first-order valence-electron chi connectivity index (χ1n) is 12.8. The largest absolute Gasteiger partial charge is 0.380 e. The van der Waals surface area contributed by atoms with Crippen LogP contribution in [0, 0.1) is 0 Å². The summed E-state index contributed by atoms with van der Waals surface area (Å²) in [4.78, 5) is 14.2. The van der Waals surface area contributed by atoms with Gasteiger partial charge in [0.2, 0.25) is 0 Å². The van der Waals surface area contributed by atoms with Gasteiger partial charge in [-0.15, -0.1) is 0 Å². The Kier molecular flexibility index (Phi) is 6.62. The van der Waals surface area contributed by atoms with Gasteiger partial charge in [0.05, 0.1) is 17.9 Å². The van der Waals surface area contributed by atoms with Crippen molar-refractivity contribution in [2.24, 2.45) is 0 Å². The number of methoxy groups -OCH3 is 2. The third kappa shape index (κ3) is 3.73. The molecule has 1 fully saturated rings. The van der Waals surface area contributed by atoms with Crippen LogP contribution in [-0.2, 0) is 22.4 Å². The first-order chi connectivity index (χ1) is 17.4. The number of aryl methyl sites for hydroxylation is 2. The molecule has 0 bridgehead atoms. The van der Waals surface area contributed by atoms with E-state index in [2.05, 4.69) is 66.0 Å². The molecule has 2 unspecified atom stereocenters. The van der Waals surface area contributed by atoms with Gasteiger partial charge in [-0.1, -0.05) is 37.6 Å². The molecule has 0 aliphatic heterocycles. The van der Waals surface area contributed by atoms with Crippen LogP contribution in [0.5, 0.6) is 0 Å². The molecule has 2 atom stereocenters. The minimum Gasteiger partial charge on any atom is -0.380 e. The third-order valence-electron chi connectivity index (χ3n) is 7.71. The second kappa shape index (κ2) is 9.71. The maximum absolute atomic E-state index is 12.7. The van der Waals surface area contributed by atoms with Crippen LogP contribution in [0.2, 0.25) is 0 Å². The highest BCUT2D eigenvalue weighted by molar-refractivity contribution is 6.08. The van der Waals surface area contributed by atoms with Crippen LogP contribution < -0.4 is 0 Å². The number of carbonyl (C=O) groups excluding carboxylic acids is 1. The van der Waals surface area contributed by atoms with Crippen molar-refractivity contribution in [2.75, 3.05) is 28.3 Å². The molecule has 4 aromatic rings. The van der Waals surface area contributed by atoms with Crippen molar-refractivity contribution in [1.29, 1.82) is 0 Å². The number of benzene rings is 2. The first-order valence-corrected chi connectivity index (χ1v) is 12.8. The van der Waals surface area contributed by atoms with Gasteiger partial charge in [-0.3, -0.25) is 0 Å². The van der Waals surface area contributed by atoms with Crippen molar-refractivity contribution in [3.63, 3.8) is 0 Å². The molecule has 5 rings (SSSR count). The van der Waals surface area contributed by atoms with E-state index in [0.717, 1.165) is 30.6 Å². The summed E-state index contributed by atoms with van der Waals surface area (Å²) in [6, 6.07) is 15.2. The van der Waals surface area contributed by atoms with Gasteiger partial charge in [-0.05, 0) is 37.1 Å². The lowest BCUT2D eigenvalue weighted by molar-refractivity contribution is -0.115. The van der Waals surface area contributed by atoms with Crippen molar-refractivity contribution in [1.82, 2.24) is 19.2 Å². The van der Waals surface area contributed by atoms with Crippen LogP contribution in [-0.4, -0.2) is 65.8 Å². The van der Waals surface area contributed by atoms with Gasteiger partial charge < -0.3 is 18.9 Å². The molecule has 7 nitrogen and oxygen atoms in total. The molecule has 190 valence electrons. The molecule has 7 heteroatoms. The normalized spacial score (nSPS) is 21.7. The summed E-state index contributed by atoms with van der Waals surface area (Å²) in [5.74, 6) is 0.0865. The number of rotatable bonds is 7. The van der Waals surface area contributed by atoms with E-state index in [-0.39, 0.29) is 30.1 Å². The fourth-order valence-electron chi connectivity index (χ4n) is 6.05. The Labute approximate surface area is 212 Å². The number of ether oxygens (including phenoxy) is 2. The first kappa shape index (κ1) is 24.5. The highest BCUT2D eigenvalue weighted by Gasteiger charge is 2.54. The molecular formula is C29H36N4O3. The number of carbonyl (C=O) groups is 1.